The smallest absolute Gasteiger partial charge is 0.325 e. The Morgan fingerprint density at radius 1 is 1.17 bits per heavy atom. The van der Waals surface area contributed by atoms with E-state index in [2.05, 4.69) is 17.6 Å². The van der Waals surface area contributed by atoms with Gasteiger partial charge in [-0.15, -0.1) is 0 Å². The van der Waals surface area contributed by atoms with E-state index >= 15 is 0 Å². The third-order valence-corrected chi connectivity index (χ3v) is 6.38. The summed E-state index contributed by atoms with van der Waals surface area (Å²) >= 11 is 0. The maximum Gasteiger partial charge on any atom is 0.325 e. The molecule has 1 heterocycles. The summed E-state index contributed by atoms with van der Waals surface area (Å²) in [6.45, 7) is 4.02. The van der Waals surface area contributed by atoms with Crippen molar-refractivity contribution in [3.8, 4) is 0 Å². The van der Waals surface area contributed by atoms with Gasteiger partial charge in [0.05, 0.1) is 6.54 Å². The summed E-state index contributed by atoms with van der Waals surface area (Å²) in [5.74, 6) is 0.0528. The SMILES string of the molecule is CCC1CCC2(CC1)NC(=O)N(CC(=O)c1ccc(CCCNC(C)=O)cc1)C2=O. The summed E-state index contributed by atoms with van der Waals surface area (Å²) in [6, 6.07) is 6.76. The minimum Gasteiger partial charge on any atom is -0.356 e. The van der Waals surface area contributed by atoms with E-state index in [0.717, 1.165) is 42.6 Å². The van der Waals surface area contributed by atoms with Crippen LogP contribution in [0.4, 0.5) is 4.79 Å². The molecule has 1 aliphatic carbocycles. The van der Waals surface area contributed by atoms with Crippen molar-refractivity contribution in [2.45, 2.75) is 64.3 Å². The van der Waals surface area contributed by atoms with Crippen molar-refractivity contribution in [2.24, 2.45) is 5.92 Å². The van der Waals surface area contributed by atoms with Crippen LogP contribution in [0.15, 0.2) is 24.3 Å². The number of carbonyl (C=O) groups is 4. The Balaban J connectivity index is 1.56. The van der Waals surface area contributed by atoms with Crippen molar-refractivity contribution in [1.82, 2.24) is 15.5 Å². The molecule has 1 aromatic carbocycles. The number of benzene rings is 1. The van der Waals surface area contributed by atoms with Gasteiger partial charge in [0.2, 0.25) is 5.91 Å². The van der Waals surface area contributed by atoms with E-state index in [4.69, 9.17) is 0 Å². The van der Waals surface area contributed by atoms with Crippen LogP contribution >= 0.6 is 0 Å². The molecule has 0 unspecified atom stereocenters. The number of hydrogen-bond acceptors (Lipinski definition) is 4. The topological polar surface area (TPSA) is 95.6 Å². The van der Waals surface area contributed by atoms with Gasteiger partial charge in [0, 0.05) is 19.0 Å². The number of aryl methyl sites for hydroxylation is 1. The summed E-state index contributed by atoms with van der Waals surface area (Å²) in [4.78, 5) is 50.1. The lowest BCUT2D eigenvalue weighted by molar-refractivity contribution is -0.132. The number of amides is 4. The maximum atomic E-state index is 13.0. The van der Waals surface area contributed by atoms with Crippen LogP contribution in [0.3, 0.4) is 0 Å². The van der Waals surface area contributed by atoms with Crippen LogP contribution in [0, 0.1) is 5.92 Å². The Hall–Kier alpha value is -2.70. The Bertz CT molecular complexity index is 810. The molecule has 7 heteroatoms. The number of carbonyl (C=O) groups excluding carboxylic acids is 4. The van der Waals surface area contributed by atoms with E-state index in [1.807, 2.05) is 12.1 Å². The van der Waals surface area contributed by atoms with E-state index in [1.54, 1.807) is 12.1 Å². The Labute approximate surface area is 177 Å². The Morgan fingerprint density at radius 2 is 1.83 bits per heavy atom. The summed E-state index contributed by atoms with van der Waals surface area (Å²) in [5, 5.41) is 5.63. The predicted octanol–water partition coefficient (Wildman–Crippen LogP) is 2.83. The van der Waals surface area contributed by atoms with Crippen molar-refractivity contribution in [2.75, 3.05) is 13.1 Å². The van der Waals surface area contributed by atoms with Gasteiger partial charge in [-0.2, -0.15) is 0 Å². The Morgan fingerprint density at radius 3 is 2.43 bits per heavy atom. The molecule has 0 bridgehead atoms. The molecule has 30 heavy (non-hydrogen) atoms. The monoisotopic (exact) mass is 413 g/mol. The molecule has 162 valence electrons. The third kappa shape index (κ3) is 4.89. The van der Waals surface area contributed by atoms with Crippen molar-refractivity contribution in [1.29, 1.82) is 0 Å². The molecule has 1 aromatic rings. The summed E-state index contributed by atoms with van der Waals surface area (Å²) in [6.07, 6.45) is 5.84. The molecule has 0 radical (unpaired) electrons. The minimum atomic E-state index is -0.819. The Kier molecular flexibility index (Phi) is 6.90. The summed E-state index contributed by atoms with van der Waals surface area (Å²) < 4.78 is 0. The van der Waals surface area contributed by atoms with Crippen LogP contribution < -0.4 is 10.6 Å². The first-order valence-electron chi connectivity index (χ1n) is 10.9. The highest BCUT2D eigenvalue weighted by Gasteiger charge is 2.52. The average Bonchev–Trinajstić information content (AvgIpc) is 2.96. The molecule has 7 nitrogen and oxygen atoms in total. The highest BCUT2D eigenvalue weighted by molar-refractivity contribution is 6.11. The van der Waals surface area contributed by atoms with Gasteiger partial charge in [0.25, 0.3) is 5.91 Å². The maximum absolute atomic E-state index is 13.0. The molecule has 0 aromatic heterocycles. The molecule has 2 N–H and O–H groups in total. The second-order valence-corrected chi connectivity index (χ2v) is 8.46. The lowest BCUT2D eigenvalue weighted by atomic mass is 9.75. The molecule has 2 fully saturated rings. The molecule has 1 saturated carbocycles. The van der Waals surface area contributed by atoms with E-state index in [9.17, 15) is 19.2 Å². The lowest BCUT2D eigenvalue weighted by Gasteiger charge is -2.34. The van der Waals surface area contributed by atoms with Crippen LogP contribution in [0.5, 0.6) is 0 Å². The number of nitrogens with zero attached hydrogens (tertiary/aromatic N) is 1. The van der Waals surface area contributed by atoms with Gasteiger partial charge in [-0.25, -0.2) is 4.79 Å². The standard InChI is InChI=1S/C23H31N3O4/c1-3-17-10-12-23(13-11-17)21(29)26(22(30)25-23)15-20(28)19-8-6-18(7-9-19)5-4-14-24-16(2)27/h6-9,17H,3-5,10-15H2,1-2H3,(H,24,27)(H,25,30). The molecule has 1 saturated heterocycles. The third-order valence-electron chi connectivity index (χ3n) is 6.38. The molecule has 1 spiro atoms. The van der Waals surface area contributed by atoms with Crippen molar-refractivity contribution in [3.05, 3.63) is 35.4 Å². The normalized spacial score (nSPS) is 23.5. The first-order chi connectivity index (χ1) is 14.3. The predicted molar refractivity (Wildman–Crippen MR) is 113 cm³/mol. The summed E-state index contributed by atoms with van der Waals surface area (Å²) in [5.41, 5.74) is 0.733. The van der Waals surface area contributed by atoms with Crippen LogP contribution in [-0.2, 0) is 16.0 Å². The minimum absolute atomic E-state index is 0.0448. The fraction of sp³-hybridized carbons (Fsp3) is 0.565. The number of Topliss-reactive ketones (excluding diaryl/α,β-unsaturated/α-hetero) is 1. The molecular weight excluding hydrogens is 382 g/mol. The van der Waals surface area contributed by atoms with Crippen LogP contribution in [0.25, 0.3) is 0 Å². The highest BCUT2D eigenvalue weighted by atomic mass is 16.2. The van der Waals surface area contributed by atoms with Crippen molar-refractivity contribution in [3.63, 3.8) is 0 Å². The van der Waals surface area contributed by atoms with Crippen LogP contribution in [-0.4, -0.2) is 47.2 Å². The van der Waals surface area contributed by atoms with Gasteiger partial charge in [-0.05, 0) is 50.0 Å². The quantitative estimate of drug-likeness (QED) is 0.389. The van der Waals surface area contributed by atoms with Gasteiger partial charge in [-0.3, -0.25) is 19.3 Å². The largest absolute Gasteiger partial charge is 0.356 e. The van der Waals surface area contributed by atoms with E-state index in [1.165, 1.54) is 6.92 Å². The van der Waals surface area contributed by atoms with Gasteiger partial charge < -0.3 is 10.6 Å². The van der Waals surface area contributed by atoms with E-state index in [-0.39, 0.29) is 24.1 Å². The number of urea groups is 1. The number of imide groups is 1. The van der Waals surface area contributed by atoms with Gasteiger partial charge in [0.15, 0.2) is 5.78 Å². The summed E-state index contributed by atoms with van der Waals surface area (Å²) in [7, 11) is 0. The number of ketones is 1. The lowest BCUT2D eigenvalue weighted by Crippen LogP contribution is -2.49. The van der Waals surface area contributed by atoms with E-state index in [0.29, 0.717) is 30.9 Å². The second kappa shape index (κ2) is 9.41. The van der Waals surface area contributed by atoms with Gasteiger partial charge >= 0.3 is 6.03 Å². The molecule has 2 aliphatic rings. The van der Waals surface area contributed by atoms with Crippen LogP contribution in [0.2, 0.25) is 0 Å². The molecule has 1 aliphatic heterocycles. The molecule has 3 rings (SSSR count). The number of nitrogens with one attached hydrogen (secondary N) is 2. The second-order valence-electron chi connectivity index (χ2n) is 8.46. The average molecular weight is 414 g/mol. The molecular formula is C23H31N3O4. The van der Waals surface area contributed by atoms with Gasteiger partial charge in [-0.1, -0.05) is 37.6 Å². The molecule has 0 atom stereocenters. The van der Waals surface area contributed by atoms with Gasteiger partial charge in [0.1, 0.15) is 5.54 Å². The first kappa shape index (κ1) is 22.0. The fourth-order valence-electron chi connectivity index (χ4n) is 4.39. The first-order valence-corrected chi connectivity index (χ1v) is 10.9. The molecule has 4 amide bonds. The highest BCUT2D eigenvalue weighted by Crippen LogP contribution is 2.37. The zero-order valence-corrected chi connectivity index (χ0v) is 17.8. The van der Waals surface area contributed by atoms with Crippen molar-refractivity contribution < 1.29 is 19.2 Å². The number of rotatable bonds is 8. The van der Waals surface area contributed by atoms with Crippen molar-refractivity contribution >= 4 is 23.6 Å². The fourth-order valence-corrected chi connectivity index (χ4v) is 4.39. The van der Waals surface area contributed by atoms with E-state index < -0.39 is 11.6 Å². The van der Waals surface area contributed by atoms with Crippen LogP contribution in [0.1, 0.15) is 68.3 Å². The zero-order valence-electron chi connectivity index (χ0n) is 17.8. The zero-order chi connectivity index (χ0) is 21.7. The number of hydrogen-bond donors (Lipinski definition) is 2.